The molecule has 0 N–H and O–H groups in total. The predicted molar refractivity (Wildman–Crippen MR) is 53.3 cm³/mol. The maximum Gasteiger partial charge on any atom is 0.296 e. The first-order valence-corrected chi connectivity index (χ1v) is 4.38. The van der Waals surface area contributed by atoms with E-state index in [2.05, 4.69) is 20.9 Å². The number of hydrogen-bond acceptors (Lipinski definition) is 4. The Labute approximate surface area is 87.7 Å². The molecule has 0 radical (unpaired) electrons. The zero-order chi connectivity index (χ0) is 10.7. The Morgan fingerprint density at radius 1 is 1.57 bits per heavy atom. The highest BCUT2D eigenvalue weighted by Crippen LogP contribution is 2.34. The molecule has 0 amide bonds. The minimum Gasteiger partial charge on any atom is -0.258 e. The molecular weight excluding hydrogens is 252 g/mol. The van der Waals surface area contributed by atoms with E-state index in [1.54, 1.807) is 6.92 Å². The molecule has 0 fully saturated rings. The molecule has 14 heavy (non-hydrogen) atoms. The van der Waals surface area contributed by atoms with Crippen molar-refractivity contribution in [1.82, 2.24) is 0 Å². The van der Waals surface area contributed by atoms with Crippen LogP contribution < -0.4 is 0 Å². The largest absolute Gasteiger partial charge is 0.296 e. The quantitative estimate of drug-likeness (QED) is 0.354. The van der Waals surface area contributed by atoms with E-state index in [1.165, 1.54) is 18.2 Å². The Kier molecular flexibility index (Phi) is 3.11. The summed E-state index contributed by atoms with van der Waals surface area (Å²) >= 11 is 3.19. The molecule has 0 spiro atoms. The standard InChI is InChI=1S/C8H5BrN2O3/c1-5-6(9)2-3-7(11(13)14)8(5)10-4-12/h2-3H,1H3. The van der Waals surface area contributed by atoms with Gasteiger partial charge in [0, 0.05) is 10.5 Å². The Balaban J connectivity index is 3.52. The van der Waals surface area contributed by atoms with Gasteiger partial charge in [0.1, 0.15) is 0 Å². The molecule has 0 saturated heterocycles. The van der Waals surface area contributed by atoms with Gasteiger partial charge in [-0.1, -0.05) is 15.9 Å². The van der Waals surface area contributed by atoms with E-state index in [0.717, 1.165) is 0 Å². The number of halogens is 1. The van der Waals surface area contributed by atoms with Crippen LogP contribution in [0.15, 0.2) is 21.6 Å². The lowest BCUT2D eigenvalue weighted by Crippen LogP contribution is -1.90. The van der Waals surface area contributed by atoms with Gasteiger partial charge in [-0.15, -0.1) is 0 Å². The monoisotopic (exact) mass is 256 g/mol. The van der Waals surface area contributed by atoms with E-state index in [4.69, 9.17) is 0 Å². The minimum atomic E-state index is -0.588. The fourth-order valence-corrected chi connectivity index (χ4v) is 1.32. The molecule has 0 bridgehead atoms. The van der Waals surface area contributed by atoms with Crippen molar-refractivity contribution >= 4 is 33.4 Å². The Morgan fingerprint density at radius 2 is 2.21 bits per heavy atom. The summed E-state index contributed by atoms with van der Waals surface area (Å²) in [6, 6.07) is 2.82. The van der Waals surface area contributed by atoms with E-state index in [9.17, 15) is 14.9 Å². The molecule has 0 aliphatic heterocycles. The van der Waals surface area contributed by atoms with Crippen LogP contribution in [0.25, 0.3) is 0 Å². The van der Waals surface area contributed by atoms with Crippen molar-refractivity contribution in [2.24, 2.45) is 4.99 Å². The van der Waals surface area contributed by atoms with Crippen molar-refractivity contribution in [2.45, 2.75) is 6.92 Å². The average Bonchev–Trinajstić information content (AvgIpc) is 2.13. The normalized spacial score (nSPS) is 9.29. The lowest BCUT2D eigenvalue weighted by atomic mass is 10.2. The highest BCUT2D eigenvalue weighted by atomic mass is 79.9. The van der Waals surface area contributed by atoms with Gasteiger partial charge in [0.05, 0.1) is 4.92 Å². The van der Waals surface area contributed by atoms with Crippen molar-refractivity contribution in [3.05, 3.63) is 32.3 Å². The first kappa shape index (κ1) is 10.6. The third-order valence-electron chi connectivity index (χ3n) is 1.70. The van der Waals surface area contributed by atoms with Crippen molar-refractivity contribution in [1.29, 1.82) is 0 Å². The summed E-state index contributed by atoms with van der Waals surface area (Å²) in [6.45, 7) is 1.63. The van der Waals surface area contributed by atoms with E-state index in [1.807, 2.05) is 0 Å². The predicted octanol–water partition coefficient (Wildman–Crippen LogP) is 2.63. The van der Waals surface area contributed by atoms with Gasteiger partial charge in [-0.05, 0) is 18.6 Å². The molecule has 6 heteroatoms. The summed E-state index contributed by atoms with van der Waals surface area (Å²) in [5.74, 6) is 0. The summed E-state index contributed by atoms with van der Waals surface area (Å²) in [7, 11) is 0. The molecule has 1 rings (SSSR count). The third kappa shape index (κ3) is 1.86. The SMILES string of the molecule is Cc1c(Br)ccc([N+](=O)[O-])c1N=C=O. The van der Waals surface area contributed by atoms with E-state index in [-0.39, 0.29) is 11.4 Å². The van der Waals surface area contributed by atoms with Crippen LogP contribution in [0.3, 0.4) is 0 Å². The van der Waals surface area contributed by atoms with Gasteiger partial charge in [-0.25, -0.2) is 4.79 Å². The van der Waals surface area contributed by atoms with E-state index < -0.39 is 4.92 Å². The molecular formula is C8H5BrN2O3. The second kappa shape index (κ2) is 4.13. The van der Waals surface area contributed by atoms with Gasteiger partial charge in [-0.2, -0.15) is 4.99 Å². The summed E-state index contributed by atoms with van der Waals surface area (Å²) in [5, 5.41) is 10.6. The van der Waals surface area contributed by atoms with Crippen molar-refractivity contribution in [3.8, 4) is 0 Å². The second-order valence-electron chi connectivity index (χ2n) is 2.50. The first-order valence-electron chi connectivity index (χ1n) is 3.59. The Bertz CT molecular complexity index is 438. The van der Waals surface area contributed by atoms with Crippen LogP contribution in [-0.4, -0.2) is 11.0 Å². The first-order chi connectivity index (χ1) is 6.57. The summed E-state index contributed by atoms with van der Waals surface area (Å²) in [6.07, 6.45) is 1.30. The number of aliphatic imine (C=N–C) groups is 1. The number of benzene rings is 1. The topological polar surface area (TPSA) is 72.6 Å². The third-order valence-corrected chi connectivity index (χ3v) is 2.56. The number of nitro benzene ring substituents is 1. The molecule has 72 valence electrons. The number of carbonyl (C=O) groups excluding carboxylic acids is 1. The molecule has 5 nitrogen and oxygen atoms in total. The highest BCUT2D eigenvalue weighted by molar-refractivity contribution is 9.10. The number of isocyanates is 1. The van der Waals surface area contributed by atoms with Crippen LogP contribution in [0.2, 0.25) is 0 Å². The number of rotatable bonds is 2. The molecule has 0 saturated carbocycles. The lowest BCUT2D eigenvalue weighted by molar-refractivity contribution is -0.384. The van der Waals surface area contributed by atoms with E-state index in [0.29, 0.717) is 10.0 Å². The molecule has 1 aromatic carbocycles. The summed E-state index contributed by atoms with van der Waals surface area (Å²) < 4.78 is 0.664. The van der Waals surface area contributed by atoms with Crippen molar-refractivity contribution in [3.63, 3.8) is 0 Å². The van der Waals surface area contributed by atoms with Crippen LogP contribution in [0.1, 0.15) is 5.56 Å². The van der Waals surface area contributed by atoms with E-state index >= 15 is 0 Å². The maximum absolute atomic E-state index is 10.6. The molecule has 0 atom stereocenters. The maximum atomic E-state index is 10.6. The number of nitro groups is 1. The smallest absolute Gasteiger partial charge is 0.258 e. The van der Waals surface area contributed by atoms with Gasteiger partial charge in [-0.3, -0.25) is 10.1 Å². The summed E-state index contributed by atoms with van der Waals surface area (Å²) in [4.78, 5) is 23.4. The molecule has 0 heterocycles. The fraction of sp³-hybridized carbons (Fsp3) is 0.125. The number of hydrogen-bond donors (Lipinski definition) is 0. The Morgan fingerprint density at radius 3 is 2.71 bits per heavy atom. The van der Waals surface area contributed by atoms with Crippen molar-refractivity contribution < 1.29 is 9.72 Å². The molecule has 0 aliphatic carbocycles. The zero-order valence-corrected chi connectivity index (χ0v) is 8.74. The van der Waals surface area contributed by atoms with Crippen molar-refractivity contribution in [2.75, 3.05) is 0 Å². The van der Waals surface area contributed by atoms with Gasteiger partial charge in [0.25, 0.3) is 5.69 Å². The molecule has 0 aliphatic rings. The van der Waals surface area contributed by atoms with Gasteiger partial charge >= 0.3 is 0 Å². The van der Waals surface area contributed by atoms with Gasteiger partial charge in [0.15, 0.2) is 5.69 Å². The Hall–Kier alpha value is -1.52. The minimum absolute atomic E-state index is 0.0411. The van der Waals surface area contributed by atoms with Crippen LogP contribution >= 0.6 is 15.9 Å². The lowest BCUT2D eigenvalue weighted by Gasteiger charge is -2.01. The molecule has 1 aromatic rings. The van der Waals surface area contributed by atoms with Crippen LogP contribution in [0.5, 0.6) is 0 Å². The second-order valence-corrected chi connectivity index (χ2v) is 3.35. The summed E-state index contributed by atoms with van der Waals surface area (Å²) in [5.41, 5.74) is 0.385. The van der Waals surface area contributed by atoms with Crippen LogP contribution in [-0.2, 0) is 4.79 Å². The van der Waals surface area contributed by atoms with Crippen LogP contribution in [0, 0.1) is 17.0 Å². The number of nitrogens with zero attached hydrogens (tertiary/aromatic N) is 2. The average molecular weight is 257 g/mol. The molecule has 0 unspecified atom stereocenters. The van der Waals surface area contributed by atoms with Gasteiger partial charge < -0.3 is 0 Å². The molecule has 0 aromatic heterocycles. The fourth-order valence-electron chi connectivity index (χ4n) is 0.995. The van der Waals surface area contributed by atoms with Gasteiger partial charge in [0.2, 0.25) is 6.08 Å². The van der Waals surface area contributed by atoms with Crippen LogP contribution in [0.4, 0.5) is 11.4 Å². The zero-order valence-electron chi connectivity index (χ0n) is 7.15. The highest BCUT2D eigenvalue weighted by Gasteiger charge is 2.16.